The molecule has 2 atom stereocenters. The predicted molar refractivity (Wildman–Crippen MR) is 104 cm³/mol. The van der Waals surface area contributed by atoms with E-state index in [1.54, 1.807) is 18.1 Å². The summed E-state index contributed by atoms with van der Waals surface area (Å²) in [6.07, 6.45) is 0.583. The number of anilines is 1. The molecule has 0 bridgehead atoms. The van der Waals surface area contributed by atoms with Gasteiger partial charge in [-0.1, -0.05) is 35.9 Å². The summed E-state index contributed by atoms with van der Waals surface area (Å²) in [6.45, 7) is 1.66. The van der Waals surface area contributed by atoms with Crippen molar-refractivity contribution < 1.29 is 19.1 Å². The molecule has 6 heteroatoms. The van der Waals surface area contributed by atoms with Crippen LogP contribution in [-0.2, 0) is 14.3 Å². The molecule has 6 nitrogen and oxygen atoms in total. The Morgan fingerprint density at radius 1 is 1.21 bits per heavy atom. The van der Waals surface area contributed by atoms with Gasteiger partial charge in [0.2, 0.25) is 5.91 Å². The molecular weight excluding hydrogens is 356 g/mol. The number of carbonyl (C=O) groups is 2. The van der Waals surface area contributed by atoms with Crippen molar-refractivity contribution >= 4 is 17.6 Å². The summed E-state index contributed by atoms with van der Waals surface area (Å²) in [5.41, 5.74) is 2.52. The first kappa shape index (κ1) is 19.4. The Balaban J connectivity index is 2.11. The number of esters is 1. The van der Waals surface area contributed by atoms with Crippen LogP contribution in [-0.4, -0.2) is 25.6 Å². The normalized spacial score (nSPS) is 19.0. The minimum Gasteiger partial charge on any atom is -0.496 e. The Labute approximate surface area is 164 Å². The van der Waals surface area contributed by atoms with E-state index in [1.807, 2.05) is 55.5 Å². The van der Waals surface area contributed by atoms with E-state index in [0.29, 0.717) is 17.9 Å². The van der Waals surface area contributed by atoms with Crippen molar-refractivity contribution in [2.24, 2.45) is 5.92 Å². The predicted octanol–water partition coefficient (Wildman–Crippen LogP) is 3.55. The van der Waals surface area contributed by atoms with Gasteiger partial charge in [0.15, 0.2) is 6.61 Å². The quantitative estimate of drug-likeness (QED) is 0.744. The molecule has 0 saturated carbocycles. The van der Waals surface area contributed by atoms with Crippen molar-refractivity contribution in [3.05, 3.63) is 59.7 Å². The van der Waals surface area contributed by atoms with Crippen LogP contribution >= 0.6 is 0 Å². The van der Waals surface area contributed by atoms with Gasteiger partial charge in [-0.3, -0.25) is 9.59 Å². The number of benzene rings is 2. The third-order valence-corrected chi connectivity index (χ3v) is 4.95. The first-order chi connectivity index (χ1) is 13.6. The number of piperidine rings is 1. The molecule has 1 aliphatic heterocycles. The van der Waals surface area contributed by atoms with E-state index >= 15 is 0 Å². The van der Waals surface area contributed by atoms with E-state index in [9.17, 15) is 9.59 Å². The monoisotopic (exact) mass is 378 g/mol. The Morgan fingerprint density at radius 2 is 1.93 bits per heavy atom. The number of rotatable bonds is 5. The van der Waals surface area contributed by atoms with Gasteiger partial charge in [-0.15, -0.1) is 0 Å². The fraction of sp³-hybridized carbons (Fsp3) is 0.318. The van der Waals surface area contributed by atoms with E-state index in [1.165, 1.54) is 0 Å². The Bertz CT molecular complexity index is 901. The molecule has 3 rings (SSSR count). The number of ether oxygens (including phenoxy) is 2. The zero-order valence-corrected chi connectivity index (χ0v) is 15.9. The average molecular weight is 378 g/mol. The van der Waals surface area contributed by atoms with E-state index in [2.05, 4.69) is 0 Å². The molecule has 0 radical (unpaired) electrons. The van der Waals surface area contributed by atoms with Crippen molar-refractivity contribution in [3.63, 3.8) is 0 Å². The van der Waals surface area contributed by atoms with Crippen molar-refractivity contribution in [1.82, 2.24) is 0 Å². The van der Waals surface area contributed by atoms with Crippen LogP contribution in [0.15, 0.2) is 48.5 Å². The summed E-state index contributed by atoms with van der Waals surface area (Å²) in [7, 11) is 1.56. The fourth-order valence-corrected chi connectivity index (χ4v) is 3.63. The third kappa shape index (κ3) is 3.84. The molecule has 0 spiro atoms. The molecule has 0 aliphatic carbocycles. The van der Waals surface area contributed by atoms with Gasteiger partial charge in [-0.05, 0) is 31.5 Å². The Morgan fingerprint density at radius 3 is 2.61 bits per heavy atom. The lowest BCUT2D eigenvalue weighted by molar-refractivity contribution is -0.149. The molecule has 28 heavy (non-hydrogen) atoms. The number of aryl methyl sites for hydroxylation is 1. The summed E-state index contributed by atoms with van der Waals surface area (Å²) >= 11 is 0. The van der Waals surface area contributed by atoms with Gasteiger partial charge in [-0.25, -0.2) is 0 Å². The number of amides is 1. The Kier molecular flexibility index (Phi) is 5.95. The van der Waals surface area contributed by atoms with Crippen LogP contribution in [0.1, 0.15) is 30.0 Å². The van der Waals surface area contributed by atoms with Crippen LogP contribution in [0.2, 0.25) is 0 Å². The molecule has 1 fully saturated rings. The standard InChI is InChI=1S/C22H22N2O4/c1-15-7-9-16(10-8-15)24-20(25)12-11-18(22(26)28-14-13-23)21(24)17-5-3-4-6-19(17)27-2/h3-10,18,21H,11-12,14H2,1-2H3/t18-,21-/m1/s1. The van der Waals surface area contributed by atoms with Gasteiger partial charge >= 0.3 is 5.97 Å². The molecule has 1 aliphatic rings. The second-order valence-corrected chi connectivity index (χ2v) is 6.70. The largest absolute Gasteiger partial charge is 0.496 e. The lowest BCUT2D eigenvalue weighted by Crippen LogP contribution is -2.46. The Hall–Kier alpha value is -3.33. The van der Waals surface area contributed by atoms with Crippen LogP contribution in [0.5, 0.6) is 5.75 Å². The highest BCUT2D eigenvalue weighted by molar-refractivity contribution is 5.97. The average Bonchev–Trinajstić information content (AvgIpc) is 2.72. The molecular formula is C22H22N2O4. The topological polar surface area (TPSA) is 79.6 Å². The van der Waals surface area contributed by atoms with Crippen LogP contribution in [0.3, 0.4) is 0 Å². The molecule has 0 aromatic heterocycles. The highest BCUT2D eigenvalue weighted by Gasteiger charge is 2.43. The summed E-state index contributed by atoms with van der Waals surface area (Å²) in [5, 5.41) is 8.76. The molecule has 1 saturated heterocycles. The summed E-state index contributed by atoms with van der Waals surface area (Å²) < 4.78 is 10.6. The third-order valence-electron chi connectivity index (χ3n) is 4.95. The first-order valence-electron chi connectivity index (χ1n) is 9.12. The zero-order chi connectivity index (χ0) is 20.1. The van der Waals surface area contributed by atoms with Gasteiger partial charge in [-0.2, -0.15) is 5.26 Å². The SMILES string of the molecule is COc1ccccc1[C@@H]1[C@H](C(=O)OCC#N)CCC(=O)N1c1ccc(C)cc1. The van der Waals surface area contributed by atoms with Crippen molar-refractivity contribution in [2.45, 2.75) is 25.8 Å². The maximum atomic E-state index is 12.9. The number of nitrogens with zero attached hydrogens (tertiary/aromatic N) is 2. The molecule has 144 valence electrons. The number of methoxy groups -OCH3 is 1. The van der Waals surface area contributed by atoms with E-state index in [4.69, 9.17) is 14.7 Å². The van der Waals surface area contributed by atoms with Crippen molar-refractivity contribution in [2.75, 3.05) is 18.6 Å². The lowest BCUT2D eigenvalue weighted by Gasteiger charge is -2.40. The number of carbonyl (C=O) groups excluding carboxylic acids is 2. The van der Waals surface area contributed by atoms with Crippen LogP contribution in [0.25, 0.3) is 0 Å². The fourth-order valence-electron chi connectivity index (χ4n) is 3.63. The summed E-state index contributed by atoms with van der Waals surface area (Å²) in [6, 6.07) is 16.2. The van der Waals surface area contributed by atoms with Crippen LogP contribution in [0.4, 0.5) is 5.69 Å². The smallest absolute Gasteiger partial charge is 0.312 e. The summed E-state index contributed by atoms with van der Waals surface area (Å²) in [4.78, 5) is 27.3. The number of hydrogen-bond acceptors (Lipinski definition) is 5. The van der Waals surface area contributed by atoms with Crippen molar-refractivity contribution in [1.29, 1.82) is 5.26 Å². The zero-order valence-electron chi connectivity index (χ0n) is 15.9. The van der Waals surface area contributed by atoms with E-state index in [-0.39, 0.29) is 18.9 Å². The maximum absolute atomic E-state index is 12.9. The lowest BCUT2D eigenvalue weighted by atomic mass is 9.83. The highest BCUT2D eigenvalue weighted by Crippen LogP contribution is 2.43. The van der Waals surface area contributed by atoms with Crippen LogP contribution < -0.4 is 9.64 Å². The first-order valence-corrected chi connectivity index (χ1v) is 9.12. The highest BCUT2D eigenvalue weighted by atomic mass is 16.5. The molecule has 2 aromatic rings. The van der Waals surface area contributed by atoms with Gasteiger partial charge in [0.25, 0.3) is 0 Å². The number of nitriles is 1. The van der Waals surface area contributed by atoms with Gasteiger partial charge in [0.05, 0.1) is 19.1 Å². The van der Waals surface area contributed by atoms with Gasteiger partial charge in [0, 0.05) is 17.7 Å². The second kappa shape index (κ2) is 8.57. The minimum absolute atomic E-state index is 0.0657. The number of para-hydroxylation sites is 1. The second-order valence-electron chi connectivity index (χ2n) is 6.70. The number of hydrogen-bond donors (Lipinski definition) is 0. The van der Waals surface area contributed by atoms with E-state index in [0.717, 1.165) is 11.1 Å². The summed E-state index contributed by atoms with van der Waals surface area (Å²) in [5.74, 6) is -0.549. The molecule has 1 heterocycles. The molecule has 2 aromatic carbocycles. The van der Waals surface area contributed by atoms with E-state index < -0.39 is 17.9 Å². The molecule has 1 amide bonds. The van der Waals surface area contributed by atoms with Gasteiger partial charge < -0.3 is 14.4 Å². The van der Waals surface area contributed by atoms with Gasteiger partial charge in [0.1, 0.15) is 11.8 Å². The minimum atomic E-state index is -0.594. The van der Waals surface area contributed by atoms with Crippen LogP contribution in [0, 0.1) is 24.2 Å². The van der Waals surface area contributed by atoms with Crippen molar-refractivity contribution in [3.8, 4) is 11.8 Å². The maximum Gasteiger partial charge on any atom is 0.312 e. The molecule has 0 N–H and O–H groups in total. The molecule has 0 unspecified atom stereocenters.